The second-order valence-electron chi connectivity index (χ2n) is 10.7. The minimum atomic E-state index is -0.551. The quantitative estimate of drug-likeness (QED) is 0.588. The van der Waals surface area contributed by atoms with Gasteiger partial charge in [-0.25, -0.2) is 0 Å². The minimum Gasteiger partial charge on any atom is -0.395 e. The maximum atomic E-state index is 13.2. The zero-order chi connectivity index (χ0) is 25.1. The van der Waals surface area contributed by atoms with Crippen molar-refractivity contribution in [3.63, 3.8) is 0 Å². The Morgan fingerprint density at radius 3 is 2.50 bits per heavy atom. The number of piperidine rings is 1. The molecule has 0 spiro atoms. The van der Waals surface area contributed by atoms with Crippen LogP contribution in [0.5, 0.6) is 0 Å². The number of amides is 1. The van der Waals surface area contributed by atoms with E-state index in [1.54, 1.807) is 0 Å². The lowest BCUT2D eigenvalue weighted by Gasteiger charge is -2.38. The van der Waals surface area contributed by atoms with E-state index in [0.717, 1.165) is 69.5 Å². The zero-order valence-electron chi connectivity index (χ0n) is 21.5. The lowest BCUT2D eigenvalue weighted by molar-refractivity contribution is 0.0493. The van der Waals surface area contributed by atoms with Gasteiger partial charge in [-0.3, -0.25) is 9.69 Å². The van der Waals surface area contributed by atoms with E-state index in [4.69, 9.17) is 0 Å². The Hall–Kier alpha value is -2.45. The van der Waals surface area contributed by atoms with E-state index in [2.05, 4.69) is 58.1 Å². The largest absolute Gasteiger partial charge is 0.395 e. The number of fused-ring (bicyclic) bond motifs is 2. The number of rotatable bonds is 8. The third kappa shape index (κ3) is 5.59. The van der Waals surface area contributed by atoms with Gasteiger partial charge in [0, 0.05) is 69.7 Å². The molecule has 0 aromatic heterocycles. The molecule has 0 bridgehead atoms. The Morgan fingerprint density at radius 2 is 1.72 bits per heavy atom. The van der Waals surface area contributed by atoms with Crippen LogP contribution in [0.2, 0.25) is 0 Å². The maximum Gasteiger partial charge on any atom is 0.254 e. The average Bonchev–Trinajstić information content (AvgIpc) is 2.90. The van der Waals surface area contributed by atoms with Gasteiger partial charge < -0.3 is 24.9 Å². The Labute approximate surface area is 214 Å². The van der Waals surface area contributed by atoms with Crippen LogP contribution in [0.25, 0.3) is 0 Å². The zero-order valence-corrected chi connectivity index (χ0v) is 21.5. The van der Waals surface area contributed by atoms with E-state index in [1.807, 2.05) is 11.0 Å². The summed E-state index contributed by atoms with van der Waals surface area (Å²) in [6, 6.07) is 15.3. The molecular weight excluding hydrogens is 452 g/mol. The van der Waals surface area contributed by atoms with Crippen molar-refractivity contribution in [2.24, 2.45) is 0 Å². The van der Waals surface area contributed by atoms with E-state index in [0.29, 0.717) is 25.7 Å². The molecule has 0 radical (unpaired) electrons. The van der Waals surface area contributed by atoms with Gasteiger partial charge >= 0.3 is 0 Å². The highest BCUT2D eigenvalue weighted by molar-refractivity contribution is 5.97. The van der Waals surface area contributed by atoms with Crippen LogP contribution < -0.4 is 4.90 Å². The second-order valence-corrected chi connectivity index (χ2v) is 10.7. The Balaban J connectivity index is 1.15. The third-order valence-corrected chi connectivity index (χ3v) is 8.27. The summed E-state index contributed by atoms with van der Waals surface area (Å²) in [6.07, 6.45) is 3.46. The molecule has 5 rings (SSSR count). The molecule has 3 aliphatic rings. The number of β-amino-alcohol motifs (C(OH)–C–C–N with tert-alkyl or cyclic N) is 1. The van der Waals surface area contributed by atoms with Gasteiger partial charge in [0.15, 0.2) is 0 Å². The van der Waals surface area contributed by atoms with Gasteiger partial charge in [-0.2, -0.15) is 0 Å². The number of nitrogens with zero attached hydrogens (tertiary/aromatic N) is 4. The Morgan fingerprint density at radius 1 is 0.972 bits per heavy atom. The summed E-state index contributed by atoms with van der Waals surface area (Å²) in [5.41, 5.74) is 5.85. The van der Waals surface area contributed by atoms with E-state index in [1.165, 1.54) is 16.8 Å². The third-order valence-electron chi connectivity index (χ3n) is 8.27. The summed E-state index contributed by atoms with van der Waals surface area (Å²) >= 11 is 0. The van der Waals surface area contributed by atoms with Gasteiger partial charge in [0.1, 0.15) is 0 Å². The smallest absolute Gasteiger partial charge is 0.254 e. The van der Waals surface area contributed by atoms with Gasteiger partial charge in [-0.1, -0.05) is 24.3 Å². The molecule has 2 aromatic carbocycles. The van der Waals surface area contributed by atoms with Gasteiger partial charge in [0.25, 0.3) is 5.91 Å². The highest BCUT2D eigenvalue weighted by Crippen LogP contribution is 2.28. The fourth-order valence-electron chi connectivity index (χ4n) is 6.12. The summed E-state index contributed by atoms with van der Waals surface area (Å²) in [6.45, 7) is 6.35. The van der Waals surface area contributed by atoms with E-state index in [-0.39, 0.29) is 12.5 Å². The first-order valence-corrected chi connectivity index (χ1v) is 13.5. The normalized spacial score (nSPS) is 19.9. The highest BCUT2D eigenvalue weighted by atomic mass is 16.3. The fraction of sp³-hybridized carbons (Fsp3) is 0.552. The monoisotopic (exact) mass is 492 g/mol. The molecule has 2 aromatic rings. The number of hydrogen-bond donors (Lipinski definition) is 2. The van der Waals surface area contributed by atoms with Crippen LogP contribution >= 0.6 is 0 Å². The van der Waals surface area contributed by atoms with E-state index in [9.17, 15) is 15.0 Å². The number of carbonyl (C=O) groups excluding carboxylic acids is 1. The molecule has 1 saturated heterocycles. The van der Waals surface area contributed by atoms with Crippen molar-refractivity contribution in [3.8, 4) is 0 Å². The van der Waals surface area contributed by atoms with E-state index >= 15 is 0 Å². The molecule has 7 heteroatoms. The number of likely N-dealkylation sites (N-methyl/N-ethyl adjacent to an activating group) is 1. The SMILES string of the molecule is CN(CCO)C1CCN(c2ccc3c(c2)CCN(CC(O)CN2CCc4ccccc4C2)C3=O)CC1. The van der Waals surface area contributed by atoms with Crippen LogP contribution in [0.15, 0.2) is 42.5 Å². The van der Waals surface area contributed by atoms with Crippen molar-refractivity contribution in [3.05, 3.63) is 64.7 Å². The molecular formula is C29H40N4O3. The molecule has 0 saturated carbocycles. The van der Waals surface area contributed by atoms with E-state index < -0.39 is 6.10 Å². The Kier molecular flexibility index (Phi) is 7.91. The molecule has 1 atom stereocenters. The first-order valence-electron chi connectivity index (χ1n) is 13.5. The molecule has 1 fully saturated rings. The van der Waals surface area contributed by atoms with Crippen LogP contribution in [-0.2, 0) is 19.4 Å². The van der Waals surface area contributed by atoms with Crippen molar-refractivity contribution >= 4 is 11.6 Å². The molecule has 36 heavy (non-hydrogen) atoms. The first-order chi connectivity index (χ1) is 17.5. The maximum absolute atomic E-state index is 13.2. The average molecular weight is 493 g/mol. The standard InChI is InChI=1S/C29H40N4O3/c1-30(16-17-34)25-10-14-32(15-11-25)26-6-7-28-23(18-26)9-13-33(29(28)36)21-27(35)20-31-12-8-22-4-2-3-5-24(22)19-31/h2-7,18,25,27,34-35H,8-17,19-21H2,1H3. The number of benzene rings is 2. The molecule has 1 amide bonds. The fourth-order valence-corrected chi connectivity index (χ4v) is 6.12. The predicted molar refractivity (Wildman–Crippen MR) is 142 cm³/mol. The molecule has 2 N–H and O–H groups in total. The molecule has 194 valence electrons. The minimum absolute atomic E-state index is 0.0372. The summed E-state index contributed by atoms with van der Waals surface area (Å²) < 4.78 is 0. The molecule has 7 nitrogen and oxygen atoms in total. The number of aliphatic hydroxyl groups excluding tert-OH is 2. The van der Waals surface area contributed by atoms with Crippen molar-refractivity contribution in [2.75, 3.05) is 64.4 Å². The van der Waals surface area contributed by atoms with Crippen LogP contribution in [0.4, 0.5) is 5.69 Å². The van der Waals surface area contributed by atoms with Crippen LogP contribution in [0, 0.1) is 0 Å². The molecule has 3 aliphatic heterocycles. The van der Waals surface area contributed by atoms with Gasteiger partial charge in [-0.05, 0) is 67.6 Å². The number of anilines is 1. The predicted octanol–water partition coefficient (Wildman–Crippen LogP) is 2.00. The highest BCUT2D eigenvalue weighted by Gasteiger charge is 2.29. The number of hydrogen-bond acceptors (Lipinski definition) is 6. The Bertz CT molecular complexity index is 1050. The summed E-state index contributed by atoms with van der Waals surface area (Å²) in [5, 5.41) is 20.0. The van der Waals surface area contributed by atoms with Crippen LogP contribution in [0.1, 0.15) is 39.9 Å². The van der Waals surface area contributed by atoms with Gasteiger partial charge in [-0.15, -0.1) is 0 Å². The van der Waals surface area contributed by atoms with Gasteiger partial charge in [0.05, 0.1) is 12.7 Å². The van der Waals surface area contributed by atoms with Crippen molar-refractivity contribution in [1.29, 1.82) is 0 Å². The molecule has 0 aliphatic carbocycles. The van der Waals surface area contributed by atoms with Gasteiger partial charge in [0.2, 0.25) is 0 Å². The topological polar surface area (TPSA) is 70.5 Å². The lowest BCUT2D eigenvalue weighted by atomic mass is 9.96. The number of carbonyl (C=O) groups is 1. The second kappa shape index (κ2) is 11.3. The van der Waals surface area contributed by atoms with Crippen LogP contribution in [0.3, 0.4) is 0 Å². The van der Waals surface area contributed by atoms with Crippen molar-refractivity contribution in [2.45, 2.75) is 44.4 Å². The summed E-state index contributed by atoms with van der Waals surface area (Å²) in [7, 11) is 2.09. The van der Waals surface area contributed by atoms with Crippen LogP contribution in [-0.4, -0.2) is 102 Å². The van der Waals surface area contributed by atoms with Crippen molar-refractivity contribution < 1.29 is 15.0 Å². The summed E-state index contributed by atoms with van der Waals surface area (Å²) in [5.74, 6) is 0.0372. The molecule has 1 unspecified atom stereocenters. The lowest BCUT2D eigenvalue weighted by Crippen LogP contribution is -2.46. The summed E-state index contributed by atoms with van der Waals surface area (Å²) in [4.78, 5) is 22.0. The molecule has 3 heterocycles. The van der Waals surface area contributed by atoms with Crippen molar-refractivity contribution in [1.82, 2.24) is 14.7 Å². The number of aliphatic hydroxyl groups is 2. The first kappa shape index (κ1) is 25.2.